The number of benzene rings is 3. The number of nitrogens with one attached hydrogen (secondary N) is 1. The highest BCUT2D eigenvalue weighted by atomic mass is 35.5. The van der Waals surface area contributed by atoms with Gasteiger partial charge in [-0.15, -0.1) is 0 Å². The van der Waals surface area contributed by atoms with Crippen molar-refractivity contribution in [3.8, 4) is 0 Å². The maximum absolute atomic E-state index is 13.8. The summed E-state index contributed by atoms with van der Waals surface area (Å²) >= 11 is 13.1. The highest BCUT2D eigenvalue weighted by molar-refractivity contribution is 6.42. The number of rotatable bonds is 8. The molecule has 0 amide bonds. The van der Waals surface area contributed by atoms with Crippen LogP contribution in [0.25, 0.3) is 0 Å². The third-order valence-electron chi connectivity index (χ3n) is 7.28. The molecule has 0 aromatic heterocycles. The highest BCUT2D eigenvalue weighted by Crippen LogP contribution is 2.44. The van der Waals surface area contributed by atoms with Gasteiger partial charge in [0, 0.05) is 43.1 Å². The minimum atomic E-state index is -0.723. The Labute approximate surface area is 244 Å². The van der Waals surface area contributed by atoms with Gasteiger partial charge in [-0.05, 0) is 29.7 Å². The van der Waals surface area contributed by atoms with E-state index in [1.807, 2.05) is 67.6 Å². The lowest BCUT2D eigenvalue weighted by Gasteiger charge is -2.38. The Morgan fingerprint density at radius 1 is 1.00 bits per heavy atom. The topological polar surface area (TPSA) is 67.9 Å². The normalized spacial score (nSPS) is 18.3. The van der Waals surface area contributed by atoms with E-state index < -0.39 is 18.0 Å². The fourth-order valence-corrected chi connectivity index (χ4v) is 5.81. The molecule has 206 valence electrons. The van der Waals surface area contributed by atoms with Gasteiger partial charge < -0.3 is 14.8 Å². The summed E-state index contributed by atoms with van der Waals surface area (Å²) in [5, 5.41) is 4.01. The molecule has 3 aromatic rings. The first-order chi connectivity index (χ1) is 19.4. The number of halogens is 2. The molecule has 5 rings (SSSR count). The number of hydrogen-bond acceptors (Lipinski definition) is 6. The molecule has 0 saturated heterocycles. The van der Waals surface area contributed by atoms with Gasteiger partial charge >= 0.3 is 5.97 Å². The van der Waals surface area contributed by atoms with Gasteiger partial charge in [0.15, 0.2) is 5.78 Å². The number of ether oxygens (including phenoxy) is 2. The predicted molar refractivity (Wildman–Crippen MR) is 156 cm³/mol. The average molecular weight is 578 g/mol. The van der Waals surface area contributed by atoms with E-state index in [0.29, 0.717) is 45.5 Å². The van der Waals surface area contributed by atoms with Crippen molar-refractivity contribution in [3.63, 3.8) is 0 Å². The summed E-state index contributed by atoms with van der Waals surface area (Å²) in [6.45, 7) is 3.19. The zero-order valence-corrected chi connectivity index (χ0v) is 23.8. The lowest BCUT2D eigenvalue weighted by atomic mass is 9.77. The van der Waals surface area contributed by atoms with Crippen molar-refractivity contribution in [2.45, 2.75) is 25.5 Å². The molecule has 0 radical (unpaired) electrons. The van der Waals surface area contributed by atoms with Crippen molar-refractivity contribution in [1.29, 1.82) is 0 Å². The van der Waals surface area contributed by atoms with Gasteiger partial charge in [-0.25, -0.2) is 4.79 Å². The predicted octanol–water partition coefficient (Wildman–Crippen LogP) is 6.22. The van der Waals surface area contributed by atoms with Crippen molar-refractivity contribution in [1.82, 2.24) is 10.2 Å². The molecule has 0 bridgehead atoms. The Balaban J connectivity index is 1.47. The summed E-state index contributed by atoms with van der Waals surface area (Å²) < 4.78 is 11.4. The summed E-state index contributed by atoms with van der Waals surface area (Å²) in [5.41, 5.74) is 4.80. The third kappa shape index (κ3) is 5.86. The number of carbonyl (C=O) groups excluding carboxylic acids is 2. The van der Waals surface area contributed by atoms with Gasteiger partial charge in [-0.1, -0.05) is 96.0 Å². The Morgan fingerprint density at radius 3 is 2.40 bits per heavy atom. The Bertz CT molecular complexity index is 1470. The first-order valence-electron chi connectivity index (χ1n) is 13.1. The molecule has 0 fully saturated rings. The fourth-order valence-electron chi connectivity index (χ4n) is 5.39. The van der Waals surface area contributed by atoms with Crippen LogP contribution in [-0.2, 0) is 25.6 Å². The summed E-state index contributed by atoms with van der Waals surface area (Å²) in [7, 11) is 1.58. The summed E-state index contributed by atoms with van der Waals surface area (Å²) in [6, 6.07) is 24.8. The molecule has 2 unspecified atom stereocenters. The molecule has 2 aliphatic rings. The molecule has 0 spiro atoms. The Kier molecular flexibility index (Phi) is 8.72. The van der Waals surface area contributed by atoms with Crippen molar-refractivity contribution in [3.05, 3.63) is 128 Å². The van der Waals surface area contributed by atoms with Gasteiger partial charge in [-0.3, -0.25) is 9.69 Å². The summed E-state index contributed by atoms with van der Waals surface area (Å²) in [4.78, 5) is 29.6. The maximum atomic E-state index is 13.8. The number of ketones is 1. The molecular formula is C32H30Cl2N2O4. The molecular weight excluding hydrogens is 547 g/mol. The van der Waals surface area contributed by atoms with E-state index in [-0.39, 0.29) is 18.9 Å². The van der Waals surface area contributed by atoms with Gasteiger partial charge in [0.1, 0.15) is 12.7 Å². The quantitative estimate of drug-likeness (QED) is 0.321. The Morgan fingerprint density at radius 2 is 1.70 bits per heavy atom. The van der Waals surface area contributed by atoms with Gasteiger partial charge in [0.2, 0.25) is 0 Å². The van der Waals surface area contributed by atoms with E-state index in [4.69, 9.17) is 32.7 Å². The molecule has 40 heavy (non-hydrogen) atoms. The molecule has 6 nitrogen and oxygen atoms in total. The molecule has 3 aromatic carbocycles. The van der Waals surface area contributed by atoms with Crippen molar-refractivity contribution in [2.75, 3.05) is 26.8 Å². The van der Waals surface area contributed by atoms with Crippen LogP contribution in [-0.4, -0.2) is 43.5 Å². The molecule has 0 saturated carbocycles. The zero-order chi connectivity index (χ0) is 28.2. The van der Waals surface area contributed by atoms with Gasteiger partial charge in [-0.2, -0.15) is 0 Å². The van der Waals surface area contributed by atoms with Gasteiger partial charge in [0.25, 0.3) is 0 Å². The van der Waals surface area contributed by atoms with E-state index in [2.05, 4.69) is 10.2 Å². The standard InChI is InChI=1S/C32H30Cl2N2O4/c1-20-28(32(38)40-19-27(39-2)22-12-7-4-8-13-22)29(23-14-9-15-24(33)31(23)34)30-25(35-20)17-36(18-26(30)37)16-21-10-5-3-6-11-21/h3-15,27,29,35H,16-19H2,1-2H3. The number of methoxy groups -OCH3 is 1. The Hall–Kier alpha value is -3.42. The minimum Gasteiger partial charge on any atom is -0.459 e. The van der Waals surface area contributed by atoms with Crippen LogP contribution in [0.3, 0.4) is 0 Å². The van der Waals surface area contributed by atoms with Gasteiger partial charge in [0.05, 0.1) is 22.2 Å². The molecule has 2 heterocycles. The van der Waals surface area contributed by atoms with E-state index in [1.54, 1.807) is 25.3 Å². The second-order valence-corrected chi connectivity index (χ2v) is 10.7. The molecule has 1 N–H and O–H groups in total. The smallest absolute Gasteiger partial charge is 0.336 e. The van der Waals surface area contributed by atoms with Crippen molar-refractivity contribution >= 4 is 35.0 Å². The van der Waals surface area contributed by atoms with Crippen LogP contribution in [0.15, 0.2) is 101 Å². The second-order valence-electron chi connectivity index (χ2n) is 9.92. The zero-order valence-electron chi connectivity index (χ0n) is 22.3. The third-order valence-corrected chi connectivity index (χ3v) is 8.11. The summed E-state index contributed by atoms with van der Waals surface area (Å²) in [6.07, 6.45) is -0.437. The second kappa shape index (κ2) is 12.4. The monoisotopic (exact) mass is 576 g/mol. The molecule has 2 aliphatic heterocycles. The lowest BCUT2D eigenvalue weighted by molar-refractivity contribution is -0.143. The van der Waals surface area contributed by atoms with E-state index in [0.717, 1.165) is 16.8 Å². The number of hydrogen-bond donors (Lipinski definition) is 1. The van der Waals surface area contributed by atoms with Crippen LogP contribution in [0, 0.1) is 0 Å². The first-order valence-corrected chi connectivity index (χ1v) is 13.8. The fraction of sp³-hybridized carbons (Fsp3) is 0.250. The highest BCUT2D eigenvalue weighted by Gasteiger charge is 2.41. The summed E-state index contributed by atoms with van der Waals surface area (Å²) in [5.74, 6) is -1.35. The van der Waals surface area contributed by atoms with Crippen LogP contribution in [0.2, 0.25) is 10.0 Å². The van der Waals surface area contributed by atoms with Crippen LogP contribution < -0.4 is 5.32 Å². The lowest BCUT2D eigenvalue weighted by Crippen LogP contribution is -2.45. The van der Waals surface area contributed by atoms with Crippen LogP contribution in [0.4, 0.5) is 0 Å². The maximum Gasteiger partial charge on any atom is 0.336 e. The van der Waals surface area contributed by atoms with Crippen LogP contribution >= 0.6 is 23.2 Å². The van der Waals surface area contributed by atoms with E-state index in [1.165, 1.54) is 0 Å². The minimum absolute atomic E-state index is 0.0107. The van der Waals surface area contributed by atoms with Crippen molar-refractivity contribution in [2.24, 2.45) is 0 Å². The molecule has 2 atom stereocenters. The number of carbonyl (C=O) groups is 2. The van der Waals surface area contributed by atoms with E-state index in [9.17, 15) is 9.59 Å². The number of dihydropyridines is 1. The largest absolute Gasteiger partial charge is 0.459 e. The number of Topliss-reactive ketones (excluding diaryl/α,β-unsaturated/α-hetero) is 1. The van der Waals surface area contributed by atoms with Crippen LogP contribution in [0.1, 0.15) is 35.6 Å². The van der Waals surface area contributed by atoms with E-state index >= 15 is 0 Å². The number of allylic oxidation sites excluding steroid dienone is 1. The SMILES string of the molecule is COC(COC(=O)C1=C(C)NC2=C(C(=O)CN(Cc3ccccc3)C2)C1c1cccc(Cl)c1Cl)c1ccccc1. The molecule has 8 heteroatoms. The van der Waals surface area contributed by atoms with Crippen molar-refractivity contribution < 1.29 is 19.1 Å². The van der Waals surface area contributed by atoms with Crippen LogP contribution in [0.5, 0.6) is 0 Å². The number of esters is 1. The average Bonchev–Trinajstić information content (AvgIpc) is 2.95. The number of nitrogens with zero attached hydrogens (tertiary/aromatic N) is 1. The molecule has 0 aliphatic carbocycles. The first kappa shape index (κ1) is 28.1.